The molecule has 0 spiro atoms. The summed E-state index contributed by atoms with van der Waals surface area (Å²) in [6, 6.07) is 13.0. The van der Waals surface area contributed by atoms with Gasteiger partial charge in [0.05, 0.1) is 15.7 Å². The normalized spacial score (nSPS) is 10.2. The van der Waals surface area contributed by atoms with Gasteiger partial charge in [0.15, 0.2) is 5.78 Å². The lowest BCUT2D eigenvalue weighted by molar-refractivity contribution is 0.0522. The highest BCUT2D eigenvalue weighted by molar-refractivity contribution is 14.1. The summed E-state index contributed by atoms with van der Waals surface area (Å²) < 4.78 is 11.6. The maximum Gasteiger partial charge on any atom is 0.338 e. The second-order valence-corrected chi connectivity index (χ2v) is 6.04. The lowest BCUT2D eigenvalue weighted by atomic mass is 10.0. The monoisotopic (exact) mass is 424 g/mol. The molecule has 0 atom stereocenters. The van der Waals surface area contributed by atoms with Crippen LogP contribution in [0.4, 0.5) is 0 Å². The molecule has 0 saturated carbocycles. The number of benzene rings is 2. The van der Waals surface area contributed by atoms with E-state index in [0.717, 1.165) is 9.13 Å². The summed E-state index contributed by atoms with van der Waals surface area (Å²) in [5.74, 6) is -0.137. The van der Waals surface area contributed by atoms with Crippen LogP contribution in [0, 0.1) is 3.57 Å². The van der Waals surface area contributed by atoms with E-state index in [1.807, 2.05) is 30.3 Å². The molecule has 2 rings (SSSR count). The third-order valence-electron chi connectivity index (χ3n) is 3.18. The van der Waals surface area contributed by atoms with E-state index in [9.17, 15) is 9.59 Å². The molecular formula is C18H17IO4. The molecule has 0 aromatic heterocycles. The quantitative estimate of drug-likeness (QED) is 0.395. The highest BCUT2D eigenvalue weighted by atomic mass is 127. The number of ether oxygens (including phenoxy) is 2. The zero-order valence-corrected chi connectivity index (χ0v) is 15.1. The van der Waals surface area contributed by atoms with Crippen LogP contribution in [-0.4, -0.2) is 18.4 Å². The second kappa shape index (κ2) is 8.10. The van der Waals surface area contributed by atoms with Crippen molar-refractivity contribution < 1.29 is 19.1 Å². The highest BCUT2D eigenvalue weighted by Gasteiger charge is 2.19. The van der Waals surface area contributed by atoms with Crippen molar-refractivity contribution in [3.05, 3.63) is 62.7 Å². The van der Waals surface area contributed by atoms with E-state index in [1.54, 1.807) is 19.1 Å². The van der Waals surface area contributed by atoms with Gasteiger partial charge in [-0.25, -0.2) is 4.79 Å². The second-order valence-electron chi connectivity index (χ2n) is 4.88. The average molecular weight is 424 g/mol. The van der Waals surface area contributed by atoms with Gasteiger partial charge in [-0.05, 0) is 54.1 Å². The fourth-order valence-electron chi connectivity index (χ4n) is 2.07. The van der Waals surface area contributed by atoms with Gasteiger partial charge in [-0.2, -0.15) is 0 Å². The van der Waals surface area contributed by atoms with Crippen LogP contribution in [-0.2, 0) is 11.3 Å². The van der Waals surface area contributed by atoms with Crippen molar-refractivity contribution in [2.45, 2.75) is 20.5 Å². The number of halogens is 1. The largest absolute Gasteiger partial charge is 0.488 e. The minimum Gasteiger partial charge on any atom is -0.488 e. The molecule has 0 fully saturated rings. The minimum atomic E-state index is -0.515. The first-order valence-corrected chi connectivity index (χ1v) is 8.29. The van der Waals surface area contributed by atoms with E-state index in [-0.39, 0.29) is 18.0 Å². The Hall–Kier alpha value is -1.89. The van der Waals surface area contributed by atoms with E-state index in [0.29, 0.717) is 17.9 Å². The molecular weight excluding hydrogens is 407 g/mol. The number of esters is 1. The van der Waals surface area contributed by atoms with Gasteiger partial charge < -0.3 is 9.47 Å². The number of carbonyl (C=O) groups is 2. The molecule has 0 aliphatic heterocycles. The predicted octanol–water partition coefficient (Wildman–Crippen LogP) is 4.25. The van der Waals surface area contributed by atoms with E-state index in [2.05, 4.69) is 22.6 Å². The Labute approximate surface area is 148 Å². The van der Waals surface area contributed by atoms with Gasteiger partial charge in [0.1, 0.15) is 12.4 Å². The van der Waals surface area contributed by atoms with Crippen molar-refractivity contribution in [3.63, 3.8) is 0 Å². The molecule has 0 saturated heterocycles. The molecule has 120 valence electrons. The molecule has 0 bridgehead atoms. The van der Waals surface area contributed by atoms with Gasteiger partial charge in [-0.3, -0.25) is 4.79 Å². The van der Waals surface area contributed by atoms with Gasteiger partial charge in [-0.15, -0.1) is 0 Å². The molecule has 23 heavy (non-hydrogen) atoms. The first kappa shape index (κ1) is 17.5. The fraction of sp³-hybridized carbons (Fsp3) is 0.222. The Morgan fingerprint density at radius 2 is 1.78 bits per heavy atom. The predicted molar refractivity (Wildman–Crippen MR) is 95.9 cm³/mol. The minimum absolute atomic E-state index is 0.180. The number of Topliss-reactive ketones (excluding diaryl/α,β-unsaturated/α-hetero) is 1. The van der Waals surface area contributed by atoms with Gasteiger partial charge in [0, 0.05) is 5.56 Å². The maximum absolute atomic E-state index is 12.1. The SMILES string of the molecule is CCOC(=O)c1cc(OCc2ccccc2)c(I)cc1C(C)=O. The van der Waals surface area contributed by atoms with Crippen LogP contribution in [0.5, 0.6) is 5.75 Å². The van der Waals surface area contributed by atoms with Gasteiger partial charge in [-0.1, -0.05) is 30.3 Å². The van der Waals surface area contributed by atoms with Crippen LogP contribution in [0.1, 0.15) is 40.1 Å². The van der Waals surface area contributed by atoms with Crippen molar-refractivity contribution in [3.8, 4) is 5.75 Å². The molecule has 2 aromatic rings. The maximum atomic E-state index is 12.1. The average Bonchev–Trinajstić information content (AvgIpc) is 2.54. The van der Waals surface area contributed by atoms with Gasteiger partial charge >= 0.3 is 5.97 Å². The first-order chi connectivity index (χ1) is 11.0. The third-order valence-corrected chi connectivity index (χ3v) is 4.03. The zero-order valence-electron chi connectivity index (χ0n) is 13.0. The Bertz CT molecular complexity index is 710. The smallest absolute Gasteiger partial charge is 0.338 e. The van der Waals surface area contributed by atoms with E-state index < -0.39 is 5.97 Å². The highest BCUT2D eigenvalue weighted by Crippen LogP contribution is 2.27. The van der Waals surface area contributed by atoms with Crippen molar-refractivity contribution in [2.75, 3.05) is 6.61 Å². The third kappa shape index (κ3) is 4.54. The van der Waals surface area contributed by atoms with Gasteiger partial charge in [0.2, 0.25) is 0 Å². The molecule has 0 aliphatic rings. The Kier molecular flexibility index (Phi) is 6.15. The molecule has 0 N–H and O–H groups in total. The summed E-state index contributed by atoms with van der Waals surface area (Å²) in [4.78, 5) is 23.8. The van der Waals surface area contributed by atoms with Crippen LogP contribution in [0.25, 0.3) is 0 Å². The Morgan fingerprint density at radius 1 is 1.09 bits per heavy atom. The lowest BCUT2D eigenvalue weighted by Crippen LogP contribution is -2.12. The summed E-state index contributed by atoms with van der Waals surface area (Å²) in [6.07, 6.45) is 0. The Morgan fingerprint density at radius 3 is 2.39 bits per heavy atom. The van der Waals surface area contributed by atoms with E-state index in [1.165, 1.54) is 6.92 Å². The van der Waals surface area contributed by atoms with Crippen LogP contribution in [0.3, 0.4) is 0 Å². The molecule has 2 aromatic carbocycles. The van der Waals surface area contributed by atoms with E-state index in [4.69, 9.17) is 9.47 Å². The number of carbonyl (C=O) groups excluding carboxylic acids is 2. The van der Waals surface area contributed by atoms with Gasteiger partial charge in [0.25, 0.3) is 0 Å². The molecule has 0 aliphatic carbocycles. The number of ketones is 1. The summed E-state index contributed by atoms with van der Waals surface area (Å²) in [5.41, 5.74) is 1.61. The molecule has 0 amide bonds. The fourth-order valence-corrected chi connectivity index (χ4v) is 2.69. The van der Waals surface area contributed by atoms with Crippen LogP contribution < -0.4 is 4.74 Å². The van der Waals surface area contributed by atoms with Crippen LogP contribution in [0.2, 0.25) is 0 Å². The first-order valence-electron chi connectivity index (χ1n) is 7.21. The van der Waals surface area contributed by atoms with Crippen molar-refractivity contribution in [1.82, 2.24) is 0 Å². The number of hydrogen-bond acceptors (Lipinski definition) is 4. The topological polar surface area (TPSA) is 52.6 Å². The summed E-state index contributed by atoms with van der Waals surface area (Å²) in [7, 11) is 0. The van der Waals surface area contributed by atoms with E-state index >= 15 is 0 Å². The zero-order chi connectivity index (χ0) is 16.8. The lowest BCUT2D eigenvalue weighted by Gasteiger charge is -2.13. The summed E-state index contributed by atoms with van der Waals surface area (Å²) >= 11 is 2.09. The molecule has 0 radical (unpaired) electrons. The van der Waals surface area contributed by atoms with Crippen molar-refractivity contribution in [1.29, 1.82) is 0 Å². The molecule has 5 heteroatoms. The standard InChI is InChI=1S/C18H17IO4/c1-3-22-18(21)15-10-17(16(19)9-14(15)12(2)20)23-11-13-7-5-4-6-8-13/h4-10H,3,11H2,1-2H3. The van der Waals surface area contributed by atoms with Crippen LogP contribution >= 0.6 is 22.6 Å². The number of rotatable bonds is 6. The Balaban J connectivity index is 2.31. The number of hydrogen-bond donors (Lipinski definition) is 0. The van der Waals surface area contributed by atoms with Crippen molar-refractivity contribution >= 4 is 34.3 Å². The molecule has 0 unspecified atom stereocenters. The molecule has 4 nitrogen and oxygen atoms in total. The molecule has 0 heterocycles. The summed E-state index contributed by atoms with van der Waals surface area (Å²) in [5, 5.41) is 0. The summed E-state index contributed by atoms with van der Waals surface area (Å²) in [6.45, 7) is 3.80. The van der Waals surface area contributed by atoms with Crippen LogP contribution in [0.15, 0.2) is 42.5 Å². The van der Waals surface area contributed by atoms with Crippen molar-refractivity contribution in [2.24, 2.45) is 0 Å².